The molecule has 0 fully saturated rings. The third-order valence-corrected chi connectivity index (χ3v) is 2.90. The molecule has 88 valence electrons. The Morgan fingerprint density at radius 1 is 1.53 bits per heavy atom. The number of hydrogen-bond acceptors (Lipinski definition) is 7. The Labute approximate surface area is 86.1 Å². The standard InChI is InChI=1S/C6H12NO7P/c7-6(3-9,5(11)12)15(13)14-2-4(10)1-8/h4,8-10H,1-3,7H2/p+1/t4?,6-/m1/s1. The van der Waals surface area contributed by atoms with Crippen molar-refractivity contribution >= 4 is 14.0 Å². The van der Waals surface area contributed by atoms with Gasteiger partial charge < -0.3 is 20.4 Å². The predicted octanol–water partition coefficient (Wildman–Crippen LogP) is -2.17. The summed E-state index contributed by atoms with van der Waals surface area (Å²) < 4.78 is 15.7. The maximum absolute atomic E-state index is 11.2. The maximum Gasteiger partial charge on any atom is 0.545 e. The van der Waals surface area contributed by atoms with Crippen LogP contribution in [0.4, 0.5) is 0 Å². The molecule has 0 amide bonds. The highest BCUT2D eigenvalue weighted by Gasteiger charge is 2.55. The number of nitrogens with two attached hydrogens (primary N) is 1. The molecule has 0 radical (unpaired) electrons. The lowest BCUT2D eigenvalue weighted by Gasteiger charge is -2.09. The Hall–Kier alpha value is -0.630. The third kappa shape index (κ3) is 3.78. The Kier molecular flexibility index (Phi) is 5.81. The van der Waals surface area contributed by atoms with Crippen LogP contribution >= 0.6 is 8.03 Å². The van der Waals surface area contributed by atoms with Crippen LogP contribution in [0.3, 0.4) is 0 Å². The highest BCUT2D eigenvalue weighted by Crippen LogP contribution is 2.36. The molecule has 0 aliphatic carbocycles. The Balaban J connectivity index is 4.36. The van der Waals surface area contributed by atoms with E-state index in [1.165, 1.54) is 0 Å². The first kappa shape index (κ1) is 14.4. The van der Waals surface area contributed by atoms with Crippen LogP contribution in [0.2, 0.25) is 0 Å². The van der Waals surface area contributed by atoms with Gasteiger partial charge in [-0.1, -0.05) is 0 Å². The van der Waals surface area contributed by atoms with Crippen LogP contribution in [-0.4, -0.2) is 57.6 Å². The Morgan fingerprint density at radius 2 is 2.07 bits per heavy atom. The van der Waals surface area contributed by atoms with Crippen LogP contribution in [0.25, 0.3) is 0 Å². The molecular weight excluding hydrogens is 229 g/mol. The quantitative estimate of drug-likeness (QED) is 0.316. The molecule has 0 aliphatic heterocycles. The van der Waals surface area contributed by atoms with Crippen LogP contribution in [-0.2, 0) is 13.9 Å². The van der Waals surface area contributed by atoms with Crippen LogP contribution in [0, 0.1) is 0 Å². The summed E-state index contributed by atoms with van der Waals surface area (Å²) in [6.45, 7) is -2.21. The van der Waals surface area contributed by atoms with E-state index in [0.29, 0.717) is 0 Å². The predicted molar refractivity (Wildman–Crippen MR) is 48.3 cm³/mol. The molecule has 0 saturated heterocycles. The summed E-state index contributed by atoms with van der Waals surface area (Å²) in [7, 11) is -2.90. The van der Waals surface area contributed by atoms with Crippen molar-refractivity contribution in [3.8, 4) is 0 Å². The molecule has 0 aliphatic rings. The van der Waals surface area contributed by atoms with Crippen molar-refractivity contribution in [2.75, 3.05) is 19.8 Å². The van der Waals surface area contributed by atoms with E-state index in [4.69, 9.17) is 26.2 Å². The van der Waals surface area contributed by atoms with Gasteiger partial charge in [0, 0.05) is 0 Å². The smallest absolute Gasteiger partial charge is 0.476 e. The number of aliphatic carboxylic acids is 1. The van der Waals surface area contributed by atoms with E-state index < -0.39 is 45.2 Å². The SMILES string of the molecule is N[C@@](CO)(C(=O)O)[P+](=O)OCC(O)CO. The minimum absolute atomic E-state index is 0.530. The molecule has 2 unspecified atom stereocenters. The van der Waals surface area contributed by atoms with Gasteiger partial charge in [0.1, 0.15) is 19.3 Å². The number of hydrogen-bond donors (Lipinski definition) is 5. The minimum atomic E-state index is -2.90. The van der Waals surface area contributed by atoms with Crippen molar-refractivity contribution in [2.24, 2.45) is 5.73 Å². The monoisotopic (exact) mass is 242 g/mol. The lowest BCUT2D eigenvalue weighted by Crippen LogP contribution is -2.48. The van der Waals surface area contributed by atoms with E-state index in [2.05, 4.69) is 4.52 Å². The molecule has 0 rings (SSSR count). The van der Waals surface area contributed by atoms with Crippen molar-refractivity contribution in [2.45, 2.75) is 11.4 Å². The molecule has 15 heavy (non-hydrogen) atoms. The average molecular weight is 242 g/mol. The Bertz CT molecular complexity index is 248. The van der Waals surface area contributed by atoms with Gasteiger partial charge in [0.25, 0.3) is 0 Å². The second kappa shape index (κ2) is 6.06. The third-order valence-electron chi connectivity index (χ3n) is 1.53. The molecule has 3 atom stereocenters. The number of carbonyl (C=O) groups is 1. The molecular formula is C6H13NO7P+. The second-order valence-electron chi connectivity index (χ2n) is 2.78. The lowest BCUT2D eigenvalue weighted by molar-refractivity contribution is -0.141. The van der Waals surface area contributed by atoms with E-state index in [1.807, 2.05) is 0 Å². The van der Waals surface area contributed by atoms with Gasteiger partial charge in [-0.2, -0.15) is 0 Å². The first-order valence-electron chi connectivity index (χ1n) is 3.90. The number of carboxylic acid groups (broad SMARTS) is 1. The topological polar surface area (TPSA) is 150 Å². The molecule has 0 spiro atoms. The average Bonchev–Trinajstić information content (AvgIpc) is 2.23. The van der Waals surface area contributed by atoms with Gasteiger partial charge in [-0.25, -0.2) is 4.79 Å². The highest BCUT2D eigenvalue weighted by atomic mass is 31.1. The number of carboxylic acids is 1. The summed E-state index contributed by atoms with van der Waals surface area (Å²) in [6.07, 6.45) is -1.28. The summed E-state index contributed by atoms with van der Waals surface area (Å²) in [5.41, 5.74) is 5.11. The molecule has 0 heterocycles. The minimum Gasteiger partial charge on any atom is -0.476 e. The van der Waals surface area contributed by atoms with Crippen LogP contribution in [0.1, 0.15) is 0 Å². The molecule has 0 aromatic rings. The fourth-order valence-electron chi connectivity index (χ4n) is 0.525. The summed E-state index contributed by atoms with van der Waals surface area (Å²) in [6, 6.07) is 0. The van der Waals surface area contributed by atoms with E-state index >= 15 is 0 Å². The van der Waals surface area contributed by atoms with Gasteiger partial charge >= 0.3 is 19.3 Å². The van der Waals surface area contributed by atoms with E-state index in [0.717, 1.165) is 0 Å². The molecule has 6 N–H and O–H groups in total. The van der Waals surface area contributed by atoms with Crippen LogP contribution in [0.15, 0.2) is 0 Å². The molecule has 8 nitrogen and oxygen atoms in total. The fourth-order valence-corrected chi connectivity index (χ4v) is 1.33. The fraction of sp³-hybridized carbons (Fsp3) is 0.833. The van der Waals surface area contributed by atoms with Crippen LogP contribution in [0.5, 0.6) is 0 Å². The van der Waals surface area contributed by atoms with E-state index in [9.17, 15) is 9.36 Å². The Morgan fingerprint density at radius 3 is 2.40 bits per heavy atom. The normalized spacial score (nSPS) is 18.0. The van der Waals surface area contributed by atoms with E-state index in [-0.39, 0.29) is 0 Å². The molecule has 0 saturated carbocycles. The van der Waals surface area contributed by atoms with Crippen molar-refractivity contribution in [3.05, 3.63) is 0 Å². The zero-order chi connectivity index (χ0) is 12.1. The number of aliphatic hydroxyl groups excluding tert-OH is 3. The maximum atomic E-state index is 11.2. The number of rotatable bonds is 7. The van der Waals surface area contributed by atoms with Crippen LogP contribution < -0.4 is 5.73 Å². The molecule has 0 bridgehead atoms. The van der Waals surface area contributed by atoms with E-state index in [1.54, 1.807) is 0 Å². The van der Waals surface area contributed by atoms with Gasteiger partial charge in [-0.05, 0) is 4.57 Å². The van der Waals surface area contributed by atoms with Crippen molar-refractivity contribution in [3.63, 3.8) is 0 Å². The molecule has 0 aromatic carbocycles. The summed E-state index contributed by atoms with van der Waals surface area (Å²) in [5, 5.41) is 32.1. The highest BCUT2D eigenvalue weighted by molar-refractivity contribution is 7.42. The molecule has 9 heteroatoms. The first-order chi connectivity index (χ1) is 6.88. The van der Waals surface area contributed by atoms with Gasteiger partial charge in [0.05, 0.1) is 6.61 Å². The second-order valence-corrected chi connectivity index (χ2v) is 4.35. The zero-order valence-electron chi connectivity index (χ0n) is 7.74. The molecule has 0 aromatic heterocycles. The lowest BCUT2D eigenvalue weighted by atomic mass is 10.3. The van der Waals surface area contributed by atoms with Gasteiger partial charge in [0.15, 0.2) is 0 Å². The van der Waals surface area contributed by atoms with Crippen molar-refractivity contribution in [1.29, 1.82) is 0 Å². The van der Waals surface area contributed by atoms with Gasteiger partial charge in [0.2, 0.25) is 0 Å². The van der Waals surface area contributed by atoms with Crippen molar-refractivity contribution in [1.82, 2.24) is 0 Å². The zero-order valence-corrected chi connectivity index (χ0v) is 8.63. The largest absolute Gasteiger partial charge is 0.545 e. The summed E-state index contributed by atoms with van der Waals surface area (Å²) in [5.74, 6) is -1.68. The van der Waals surface area contributed by atoms with Gasteiger partial charge in [-0.3, -0.25) is 5.73 Å². The van der Waals surface area contributed by atoms with Crippen molar-refractivity contribution < 1.29 is 34.3 Å². The summed E-state index contributed by atoms with van der Waals surface area (Å²) in [4.78, 5) is 10.5. The first-order valence-corrected chi connectivity index (χ1v) is 5.08. The van der Waals surface area contributed by atoms with Gasteiger partial charge in [-0.15, -0.1) is 4.52 Å². The number of aliphatic hydroxyl groups is 3. The summed E-state index contributed by atoms with van der Waals surface area (Å²) >= 11 is 0.